The molecule has 1 nitrogen and oxygen atoms in total. The second-order valence-corrected chi connectivity index (χ2v) is 3.51. The summed E-state index contributed by atoms with van der Waals surface area (Å²) in [7, 11) is 0. The zero-order chi connectivity index (χ0) is 8.81. The van der Waals surface area contributed by atoms with Crippen molar-refractivity contribution in [2.75, 3.05) is 19.6 Å². The Hall–Kier alpha value is -0.480. The van der Waals surface area contributed by atoms with Gasteiger partial charge in [-0.1, -0.05) is 6.92 Å². The summed E-state index contributed by atoms with van der Waals surface area (Å²) in [6.45, 7) is 7.98. The van der Waals surface area contributed by atoms with Crippen molar-refractivity contribution in [3.8, 4) is 11.8 Å². The fourth-order valence-electron chi connectivity index (χ4n) is 1.82. The second-order valence-electron chi connectivity index (χ2n) is 3.51. The summed E-state index contributed by atoms with van der Waals surface area (Å²) in [5.41, 5.74) is 0. The molecule has 0 aliphatic carbocycles. The Bertz CT molecular complexity index is 167. The first-order valence-electron chi connectivity index (χ1n) is 5.01. The molecule has 1 saturated heterocycles. The summed E-state index contributed by atoms with van der Waals surface area (Å²) in [6, 6.07) is 0. The Morgan fingerprint density at radius 3 is 2.50 bits per heavy atom. The van der Waals surface area contributed by atoms with Crippen LogP contribution in [0.4, 0.5) is 0 Å². The molecule has 0 atom stereocenters. The predicted molar refractivity (Wildman–Crippen MR) is 52.9 cm³/mol. The van der Waals surface area contributed by atoms with Gasteiger partial charge in [-0.25, -0.2) is 0 Å². The first-order valence-corrected chi connectivity index (χ1v) is 5.01. The monoisotopic (exact) mass is 165 g/mol. The molecule has 12 heavy (non-hydrogen) atoms. The maximum Gasteiger partial charge on any atom is 0.0227 e. The first kappa shape index (κ1) is 9.61. The van der Waals surface area contributed by atoms with Crippen molar-refractivity contribution >= 4 is 0 Å². The number of nitrogens with zero attached hydrogens (tertiary/aromatic N) is 1. The quantitative estimate of drug-likeness (QED) is 0.567. The number of likely N-dealkylation sites (tertiary alicyclic amines) is 1. The van der Waals surface area contributed by atoms with Gasteiger partial charge in [-0.3, -0.25) is 0 Å². The van der Waals surface area contributed by atoms with Crippen LogP contribution in [0.2, 0.25) is 0 Å². The van der Waals surface area contributed by atoms with Gasteiger partial charge < -0.3 is 4.90 Å². The molecule has 1 fully saturated rings. The van der Waals surface area contributed by atoms with E-state index < -0.39 is 0 Å². The van der Waals surface area contributed by atoms with E-state index in [1.165, 1.54) is 38.9 Å². The van der Waals surface area contributed by atoms with Crippen molar-refractivity contribution in [1.82, 2.24) is 4.90 Å². The first-order chi connectivity index (χ1) is 5.86. The summed E-state index contributed by atoms with van der Waals surface area (Å²) in [4.78, 5) is 2.55. The molecule has 0 bridgehead atoms. The van der Waals surface area contributed by atoms with Crippen LogP contribution in [0.15, 0.2) is 0 Å². The van der Waals surface area contributed by atoms with E-state index >= 15 is 0 Å². The maximum atomic E-state index is 3.27. The van der Waals surface area contributed by atoms with E-state index in [4.69, 9.17) is 0 Å². The predicted octanol–water partition coefficient (Wildman–Crippen LogP) is 2.13. The third kappa shape index (κ3) is 2.87. The molecule has 0 aromatic carbocycles. The average Bonchev–Trinajstić information content (AvgIpc) is 2.09. The lowest BCUT2D eigenvalue weighted by molar-refractivity contribution is 0.207. The van der Waals surface area contributed by atoms with Gasteiger partial charge in [0.15, 0.2) is 0 Å². The lowest BCUT2D eigenvalue weighted by Crippen LogP contribution is -2.33. The number of hydrogen-bond acceptors (Lipinski definition) is 1. The van der Waals surface area contributed by atoms with Crippen LogP contribution in [0.5, 0.6) is 0 Å². The van der Waals surface area contributed by atoms with E-state index in [2.05, 4.69) is 23.7 Å². The third-order valence-corrected chi connectivity index (χ3v) is 2.48. The lowest BCUT2D eigenvalue weighted by Gasteiger charge is -2.29. The molecular formula is C11H19N. The molecule has 0 aromatic heterocycles. The molecule has 0 N–H and O–H groups in total. The molecular weight excluding hydrogens is 146 g/mol. The Morgan fingerprint density at radius 1 is 1.33 bits per heavy atom. The van der Waals surface area contributed by atoms with Crippen molar-refractivity contribution < 1.29 is 0 Å². The molecule has 68 valence electrons. The van der Waals surface area contributed by atoms with Gasteiger partial charge in [0.2, 0.25) is 0 Å². The fraction of sp³-hybridized carbons (Fsp3) is 0.818. The van der Waals surface area contributed by atoms with Crippen molar-refractivity contribution in [2.45, 2.75) is 33.1 Å². The van der Waals surface area contributed by atoms with E-state index in [0.717, 1.165) is 0 Å². The Balaban J connectivity index is 2.23. The fourth-order valence-corrected chi connectivity index (χ4v) is 1.82. The van der Waals surface area contributed by atoms with Crippen LogP contribution in [0.3, 0.4) is 0 Å². The van der Waals surface area contributed by atoms with Crippen LogP contribution in [-0.4, -0.2) is 24.5 Å². The third-order valence-electron chi connectivity index (χ3n) is 2.48. The van der Waals surface area contributed by atoms with Gasteiger partial charge in [0.05, 0.1) is 0 Å². The zero-order valence-corrected chi connectivity index (χ0v) is 8.27. The van der Waals surface area contributed by atoms with Crippen LogP contribution in [0.25, 0.3) is 0 Å². The van der Waals surface area contributed by atoms with Gasteiger partial charge in [0.1, 0.15) is 0 Å². The van der Waals surface area contributed by atoms with E-state index in [0.29, 0.717) is 5.92 Å². The van der Waals surface area contributed by atoms with Crippen molar-refractivity contribution in [3.05, 3.63) is 0 Å². The minimum atomic E-state index is 0.683. The minimum absolute atomic E-state index is 0.683. The van der Waals surface area contributed by atoms with Crippen molar-refractivity contribution in [1.29, 1.82) is 0 Å². The van der Waals surface area contributed by atoms with E-state index in [-0.39, 0.29) is 0 Å². The van der Waals surface area contributed by atoms with Gasteiger partial charge in [0, 0.05) is 5.92 Å². The van der Waals surface area contributed by atoms with Crippen LogP contribution < -0.4 is 0 Å². The molecule has 0 unspecified atom stereocenters. The van der Waals surface area contributed by atoms with Crippen LogP contribution >= 0.6 is 0 Å². The van der Waals surface area contributed by atoms with Crippen molar-refractivity contribution in [2.24, 2.45) is 5.92 Å². The van der Waals surface area contributed by atoms with Crippen LogP contribution in [0, 0.1) is 17.8 Å². The van der Waals surface area contributed by atoms with E-state index in [1.54, 1.807) is 0 Å². The lowest BCUT2D eigenvalue weighted by atomic mass is 9.97. The van der Waals surface area contributed by atoms with Gasteiger partial charge in [-0.05, 0) is 45.8 Å². The van der Waals surface area contributed by atoms with Gasteiger partial charge in [-0.2, -0.15) is 0 Å². The number of hydrogen-bond donors (Lipinski definition) is 0. The summed E-state index contributed by atoms with van der Waals surface area (Å²) < 4.78 is 0. The Kier molecular flexibility index (Phi) is 4.18. The highest BCUT2D eigenvalue weighted by molar-refractivity contribution is 5.02. The smallest absolute Gasteiger partial charge is 0.0227 e. The number of rotatable bonds is 2. The molecule has 1 heteroatoms. The van der Waals surface area contributed by atoms with Gasteiger partial charge in [0.25, 0.3) is 0 Å². The molecule has 0 aromatic rings. The van der Waals surface area contributed by atoms with Crippen LogP contribution in [-0.2, 0) is 0 Å². The normalized spacial score (nSPS) is 20.2. The topological polar surface area (TPSA) is 3.24 Å². The Morgan fingerprint density at radius 2 is 2.00 bits per heavy atom. The average molecular weight is 165 g/mol. The highest BCUT2D eigenvalue weighted by Gasteiger charge is 2.15. The number of piperidine rings is 1. The highest BCUT2D eigenvalue weighted by atomic mass is 15.1. The summed E-state index contributed by atoms with van der Waals surface area (Å²) in [6.07, 6.45) is 3.84. The summed E-state index contributed by atoms with van der Waals surface area (Å²) in [5.74, 6) is 6.97. The summed E-state index contributed by atoms with van der Waals surface area (Å²) in [5, 5.41) is 0. The van der Waals surface area contributed by atoms with Gasteiger partial charge >= 0.3 is 0 Å². The zero-order valence-electron chi connectivity index (χ0n) is 8.27. The molecule has 1 aliphatic heterocycles. The molecule has 0 spiro atoms. The summed E-state index contributed by atoms with van der Waals surface area (Å²) >= 11 is 0. The Labute approximate surface area is 76.1 Å². The minimum Gasteiger partial charge on any atom is -0.303 e. The largest absolute Gasteiger partial charge is 0.303 e. The van der Waals surface area contributed by atoms with E-state index in [9.17, 15) is 0 Å². The molecule has 1 rings (SSSR count). The van der Waals surface area contributed by atoms with Crippen molar-refractivity contribution in [3.63, 3.8) is 0 Å². The molecule has 0 amide bonds. The standard InChI is InChI=1S/C11H19N/c1-3-5-11-6-9-12(8-4-2)10-7-11/h11H,4,6-10H2,1-2H3. The maximum absolute atomic E-state index is 3.27. The highest BCUT2D eigenvalue weighted by Crippen LogP contribution is 2.15. The molecule has 0 radical (unpaired) electrons. The molecule has 1 heterocycles. The SMILES string of the molecule is CC#CC1CCN(CCC)CC1. The molecule has 1 aliphatic rings. The molecule has 0 saturated carbocycles. The van der Waals surface area contributed by atoms with Gasteiger partial charge in [-0.15, -0.1) is 11.8 Å². The second kappa shape index (κ2) is 5.22. The van der Waals surface area contributed by atoms with Crippen LogP contribution in [0.1, 0.15) is 33.1 Å². The van der Waals surface area contributed by atoms with E-state index in [1.807, 2.05) is 6.92 Å².